The number of thiophene rings is 1. The van der Waals surface area contributed by atoms with Crippen LogP contribution in [0, 0.1) is 22.7 Å². The maximum Gasteiger partial charge on any atom is 0.0991 e. The van der Waals surface area contributed by atoms with E-state index >= 15 is 0 Å². The molecule has 0 saturated carbocycles. The number of anilines is 6. The minimum Gasteiger partial charge on any atom is -0.310 e. The van der Waals surface area contributed by atoms with Gasteiger partial charge in [0.15, 0.2) is 0 Å². The Hall–Kier alpha value is -6.66. The average Bonchev–Trinajstić information content (AvgIpc) is 3.54. The summed E-state index contributed by atoms with van der Waals surface area (Å²) in [6.45, 7) is 0. The minimum absolute atomic E-state index is 0.629. The lowest BCUT2D eigenvalue weighted by molar-refractivity contribution is 1.29. The SMILES string of the molecule is N#Cc1ccc(N(c2ccccc2)c2ccc3c(c2)sc2cc(N(c4ccc(C#N)cc4)c4ccc(-c5ccccc5)cc4)ccc23)cc1. The van der Waals surface area contributed by atoms with E-state index in [1.165, 1.54) is 25.7 Å². The van der Waals surface area contributed by atoms with E-state index in [4.69, 9.17) is 0 Å². The second-order valence-corrected chi connectivity index (χ2v) is 12.8. The van der Waals surface area contributed by atoms with Crippen LogP contribution in [-0.2, 0) is 0 Å². The summed E-state index contributed by atoms with van der Waals surface area (Å²) in [7, 11) is 0. The molecule has 230 valence electrons. The number of nitrogens with zero attached hydrogens (tertiary/aromatic N) is 4. The van der Waals surface area contributed by atoms with E-state index in [2.05, 4.69) is 119 Å². The van der Waals surface area contributed by atoms with Gasteiger partial charge in [-0.1, -0.05) is 72.8 Å². The average molecular weight is 645 g/mol. The van der Waals surface area contributed by atoms with Gasteiger partial charge < -0.3 is 9.80 Å². The van der Waals surface area contributed by atoms with Crippen molar-refractivity contribution in [2.75, 3.05) is 9.80 Å². The zero-order valence-electron chi connectivity index (χ0n) is 26.4. The Morgan fingerprint density at radius 3 is 1.18 bits per heavy atom. The molecule has 0 N–H and O–H groups in total. The third-order valence-corrected chi connectivity index (χ3v) is 9.83. The molecule has 4 nitrogen and oxygen atoms in total. The highest BCUT2D eigenvalue weighted by Crippen LogP contribution is 2.43. The van der Waals surface area contributed by atoms with Crippen molar-refractivity contribution in [2.45, 2.75) is 0 Å². The van der Waals surface area contributed by atoms with Crippen molar-refractivity contribution in [1.82, 2.24) is 0 Å². The molecule has 0 atom stereocenters. The molecular weight excluding hydrogens is 617 g/mol. The van der Waals surface area contributed by atoms with Crippen LogP contribution in [0.25, 0.3) is 31.3 Å². The lowest BCUT2D eigenvalue weighted by Crippen LogP contribution is -2.09. The number of benzene rings is 7. The fourth-order valence-electron chi connectivity index (χ4n) is 6.31. The summed E-state index contributed by atoms with van der Waals surface area (Å²) in [5.41, 5.74) is 9.74. The summed E-state index contributed by atoms with van der Waals surface area (Å²) in [6, 6.07) is 62.6. The molecule has 0 unspecified atom stereocenters. The Balaban J connectivity index is 1.22. The first-order valence-electron chi connectivity index (χ1n) is 16.0. The van der Waals surface area contributed by atoms with Gasteiger partial charge in [0.1, 0.15) is 0 Å². The first kappa shape index (κ1) is 29.7. The highest BCUT2D eigenvalue weighted by atomic mass is 32.1. The Kier molecular flexibility index (Phi) is 7.80. The molecule has 0 bridgehead atoms. The van der Waals surface area contributed by atoms with Gasteiger partial charge in [0, 0.05) is 54.3 Å². The second kappa shape index (κ2) is 12.9. The lowest BCUT2D eigenvalue weighted by Gasteiger charge is -2.26. The van der Waals surface area contributed by atoms with Gasteiger partial charge in [-0.05, 0) is 108 Å². The molecule has 0 aliphatic carbocycles. The van der Waals surface area contributed by atoms with Crippen molar-refractivity contribution in [3.63, 3.8) is 0 Å². The quantitative estimate of drug-likeness (QED) is 0.173. The first-order valence-corrected chi connectivity index (χ1v) is 16.8. The maximum absolute atomic E-state index is 9.46. The molecule has 8 aromatic rings. The van der Waals surface area contributed by atoms with Crippen LogP contribution in [0.4, 0.5) is 34.1 Å². The van der Waals surface area contributed by atoms with Gasteiger partial charge in [-0.25, -0.2) is 0 Å². The predicted octanol–water partition coefficient (Wildman–Crippen LogP) is 12.4. The smallest absolute Gasteiger partial charge is 0.0991 e. The number of hydrogen-bond donors (Lipinski definition) is 0. The van der Waals surface area contributed by atoms with E-state index in [0.717, 1.165) is 39.7 Å². The van der Waals surface area contributed by atoms with E-state index in [0.29, 0.717) is 11.1 Å². The molecule has 0 spiro atoms. The monoisotopic (exact) mass is 644 g/mol. The van der Waals surface area contributed by atoms with E-state index < -0.39 is 0 Å². The number of hydrogen-bond acceptors (Lipinski definition) is 5. The molecule has 0 saturated heterocycles. The summed E-state index contributed by atoms with van der Waals surface area (Å²) in [6.07, 6.45) is 0. The van der Waals surface area contributed by atoms with Crippen LogP contribution in [0.15, 0.2) is 170 Å². The van der Waals surface area contributed by atoms with Crippen molar-refractivity contribution in [3.05, 3.63) is 181 Å². The summed E-state index contributed by atoms with van der Waals surface area (Å²) < 4.78 is 2.38. The molecule has 0 aliphatic heterocycles. The number of nitriles is 2. The molecule has 0 radical (unpaired) electrons. The topological polar surface area (TPSA) is 54.1 Å². The van der Waals surface area contributed by atoms with Crippen molar-refractivity contribution >= 4 is 65.6 Å². The molecule has 7 aromatic carbocycles. The van der Waals surface area contributed by atoms with Crippen LogP contribution in [0.5, 0.6) is 0 Å². The van der Waals surface area contributed by atoms with Crippen LogP contribution in [0.3, 0.4) is 0 Å². The van der Waals surface area contributed by atoms with Gasteiger partial charge in [-0.2, -0.15) is 10.5 Å². The van der Waals surface area contributed by atoms with Crippen molar-refractivity contribution in [1.29, 1.82) is 10.5 Å². The molecule has 1 aromatic heterocycles. The Bertz CT molecular complexity index is 2490. The van der Waals surface area contributed by atoms with Crippen LogP contribution >= 0.6 is 11.3 Å². The maximum atomic E-state index is 9.46. The van der Waals surface area contributed by atoms with Crippen LogP contribution < -0.4 is 9.80 Å². The van der Waals surface area contributed by atoms with Crippen molar-refractivity contribution < 1.29 is 0 Å². The normalized spacial score (nSPS) is 10.8. The van der Waals surface area contributed by atoms with E-state index in [1.54, 1.807) is 11.3 Å². The molecule has 1 heterocycles. The second-order valence-electron chi connectivity index (χ2n) is 11.7. The summed E-state index contributed by atoms with van der Waals surface area (Å²) in [4.78, 5) is 4.47. The highest BCUT2D eigenvalue weighted by molar-refractivity contribution is 7.25. The number of rotatable bonds is 7. The van der Waals surface area contributed by atoms with Gasteiger partial charge in [-0.15, -0.1) is 11.3 Å². The van der Waals surface area contributed by atoms with Crippen LogP contribution in [-0.4, -0.2) is 0 Å². The molecule has 0 aliphatic rings. The zero-order valence-corrected chi connectivity index (χ0v) is 27.2. The van der Waals surface area contributed by atoms with Gasteiger partial charge in [0.05, 0.1) is 23.3 Å². The fourth-order valence-corrected chi connectivity index (χ4v) is 7.48. The van der Waals surface area contributed by atoms with E-state index in [9.17, 15) is 10.5 Å². The zero-order chi connectivity index (χ0) is 33.2. The predicted molar refractivity (Wildman–Crippen MR) is 204 cm³/mol. The van der Waals surface area contributed by atoms with Crippen molar-refractivity contribution in [3.8, 4) is 23.3 Å². The molecule has 8 rings (SSSR count). The van der Waals surface area contributed by atoms with E-state index in [1.807, 2.05) is 72.8 Å². The largest absolute Gasteiger partial charge is 0.310 e. The Morgan fingerprint density at radius 2 is 0.735 bits per heavy atom. The Morgan fingerprint density at radius 1 is 0.367 bits per heavy atom. The molecular formula is C44H28N4S. The summed E-state index contributed by atoms with van der Waals surface area (Å²) in [5.74, 6) is 0. The van der Waals surface area contributed by atoms with Crippen LogP contribution in [0.1, 0.15) is 11.1 Å². The Labute approximate surface area is 289 Å². The summed E-state index contributed by atoms with van der Waals surface area (Å²) in [5, 5.41) is 21.2. The minimum atomic E-state index is 0.629. The van der Waals surface area contributed by atoms with Gasteiger partial charge >= 0.3 is 0 Å². The van der Waals surface area contributed by atoms with Crippen LogP contribution in [0.2, 0.25) is 0 Å². The first-order chi connectivity index (χ1) is 24.2. The molecule has 0 fully saturated rings. The third kappa shape index (κ3) is 5.77. The van der Waals surface area contributed by atoms with E-state index in [-0.39, 0.29) is 0 Å². The number of para-hydroxylation sites is 1. The van der Waals surface area contributed by atoms with Crippen molar-refractivity contribution in [2.24, 2.45) is 0 Å². The fraction of sp³-hybridized carbons (Fsp3) is 0. The summed E-state index contributed by atoms with van der Waals surface area (Å²) >= 11 is 1.78. The number of fused-ring (bicyclic) bond motifs is 3. The standard InChI is InChI=1S/C44H28N4S/c45-29-31-11-17-36(18-12-31)47(35-9-5-2-6-10-35)39-23-25-41-42-26-24-40(28-44(42)49-43(41)27-39)48(37-19-13-32(30-46)14-20-37)38-21-15-34(16-22-38)33-7-3-1-4-8-33/h1-28H. The molecule has 0 amide bonds. The molecule has 49 heavy (non-hydrogen) atoms. The lowest BCUT2D eigenvalue weighted by atomic mass is 10.0. The third-order valence-electron chi connectivity index (χ3n) is 8.71. The molecule has 5 heteroatoms. The van der Waals surface area contributed by atoms with Gasteiger partial charge in [0.2, 0.25) is 0 Å². The van der Waals surface area contributed by atoms with Gasteiger partial charge in [0.25, 0.3) is 0 Å². The van der Waals surface area contributed by atoms with Gasteiger partial charge in [-0.3, -0.25) is 0 Å². The highest BCUT2D eigenvalue weighted by Gasteiger charge is 2.17.